The Balaban J connectivity index is 2.05. The Labute approximate surface area is 127 Å². The maximum atomic E-state index is 10.9. The number of carbonyl (C=O) groups is 1. The quantitative estimate of drug-likeness (QED) is 0.800. The molecule has 0 fully saturated rings. The summed E-state index contributed by atoms with van der Waals surface area (Å²) in [6.07, 6.45) is 1.92. The van der Waals surface area contributed by atoms with Crippen LogP contribution in [0.25, 0.3) is 0 Å². The number of aryl methyl sites for hydroxylation is 1. The standard InChI is InChI=1S/C15H16N4OS/c1-19-9-11(6-12(19)7-16)8-18-13-4-2-3-5-14(13)21-10-15(17)20/h2-6,9,18H,8,10H2,1H3,(H2,17,20). The largest absolute Gasteiger partial charge is 0.380 e. The smallest absolute Gasteiger partial charge is 0.227 e. The molecule has 0 aliphatic heterocycles. The summed E-state index contributed by atoms with van der Waals surface area (Å²) in [5.74, 6) is -0.0840. The van der Waals surface area contributed by atoms with E-state index in [4.69, 9.17) is 11.0 Å². The Bertz CT molecular complexity index is 687. The van der Waals surface area contributed by atoms with Crippen molar-refractivity contribution in [3.63, 3.8) is 0 Å². The minimum atomic E-state index is -0.337. The van der Waals surface area contributed by atoms with Gasteiger partial charge < -0.3 is 15.6 Å². The van der Waals surface area contributed by atoms with Crippen LogP contribution in [0.15, 0.2) is 41.4 Å². The molecule has 1 aromatic carbocycles. The summed E-state index contributed by atoms with van der Waals surface area (Å²) in [5.41, 5.74) is 7.79. The SMILES string of the molecule is Cn1cc(CNc2ccccc2SCC(N)=O)cc1C#N. The summed E-state index contributed by atoms with van der Waals surface area (Å²) in [5, 5.41) is 12.3. The fraction of sp³-hybridized carbons (Fsp3) is 0.200. The molecule has 2 aromatic rings. The Kier molecular flexibility index (Phi) is 4.90. The van der Waals surface area contributed by atoms with Gasteiger partial charge in [-0.05, 0) is 23.8 Å². The van der Waals surface area contributed by atoms with Crippen molar-refractivity contribution in [3.05, 3.63) is 47.8 Å². The molecule has 6 heteroatoms. The maximum Gasteiger partial charge on any atom is 0.227 e. The van der Waals surface area contributed by atoms with Crippen molar-refractivity contribution >= 4 is 23.4 Å². The fourth-order valence-corrected chi connectivity index (χ4v) is 2.69. The Morgan fingerprint density at radius 1 is 1.48 bits per heavy atom. The molecule has 1 aromatic heterocycles. The van der Waals surface area contributed by atoms with Gasteiger partial charge in [-0.25, -0.2) is 0 Å². The lowest BCUT2D eigenvalue weighted by Crippen LogP contribution is -2.13. The van der Waals surface area contributed by atoms with Gasteiger partial charge in [-0.3, -0.25) is 4.79 Å². The molecular formula is C15H16N4OS. The molecule has 0 aliphatic carbocycles. The van der Waals surface area contributed by atoms with E-state index in [9.17, 15) is 4.79 Å². The molecule has 5 nitrogen and oxygen atoms in total. The van der Waals surface area contributed by atoms with Crippen LogP contribution >= 0.6 is 11.8 Å². The molecule has 0 saturated carbocycles. The highest BCUT2D eigenvalue weighted by molar-refractivity contribution is 8.00. The highest BCUT2D eigenvalue weighted by Crippen LogP contribution is 2.27. The van der Waals surface area contributed by atoms with Crippen LogP contribution in [0.5, 0.6) is 0 Å². The predicted molar refractivity (Wildman–Crippen MR) is 83.8 cm³/mol. The van der Waals surface area contributed by atoms with Crippen LogP contribution in [-0.4, -0.2) is 16.2 Å². The van der Waals surface area contributed by atoms with Gasteiger partial charge in [-0.1, -0.05) is 12.1 Å². The number of nitrogens with zero attached hydrogens (tertiary/aromatic N) is 2. The van der Waals surface area contributed by atoms with Crippen LogP contribution in [-0.2, 0) is 18.4 Å². The summed E-state index contributed by atoms with van der Waals surface area (Å²) >= 11 is 1.41. The van der Waals surface area contributed by atoms with Gasteiger partial charge in [-0.2, -0.15) is 5.26 Å². The zero-order valence-electron chi connectivity index (χ0n) is 11.7. The number of carbonyl (C=O) groups excluding carboxylic acids is 1. The molecule has 1 amide bonds. The number of para-hydroxylation sites is 1. The van der Waals surface area contributed by atoms with Crippen molar-refractivity contribution in [1.29, 1.82) is 5.26 Å². The van der Waals surface area contributed by atoms with Crippen molar-refractivity contribution in [2.45, 2.75) is 11.4 Å². The summed E-state index contributed by atoms with van der Waals surface area (Å²) in [4.78, 5) is 11.9. The Morgan fingerprint density at radius 2 is 2.24 bits per heavy atom. The van der Waals surface area contributed by atoms with Crippen LogP contribution in [0, 0.1) is 11.3 Å². The van der Waals surface area contributed by atoms with Gasteiger partial charge in [0, 0.05) is 30.4 Å². The van der Waals surface area contributed by atoms with Crippen molar-refractivity contribution in [3.8, 4) is 6.07 Å². The molecular weight excluding hydrogens is 284 g/mol. The number of rotatable bonds is 6. The van der Waals surface area contributed by atoms with Crippen LogP contribution in [0.4, 0.5) is 5.69 Å². The van der Waals surface area contributed by atoms with E-state index in [1.165, 1.54) is 11.8 Å². The average Bonchev–Trinajstić information content (AvgIpc) is 2.84. The first-order valence-electron chi connectivity index (χ1n) is 6.39. The lowest BCUT2D eigenvalue weighted by atomic mass is 10.3. The number of anilines is 1. The van der Waals surface area contributed by atoms with Crippen molar-refractivity contribution < 1.29 is 4.79 Å². The highest BCUT2D eigenvalue weighted by Gasteiger charge is 2.06. The highest BCUT2D eigenvalue weighted by atomic mass is 32.2. The van der Waals surface area contributed by atoms with Gasteiger partial charge >= 0.3 is 0 Å². The third kappa shape index (κ3) is 4.04. The van der Waals surface area contributed by atoms with Crippen molar-refractivity contribution in [2.75, 3.05) is 11.1 Å². The summed E-state index contributed by atoms with van der Waals surface area (Å²) < 4.78 is 1.80. The van der Waals surface area contributed by atoms with Crippen LogP contribution in [0.1, 0.15) is 11.3 Å². The minimum absolute atomic E-state index is 0.253. The van der Waals surface area contributed by atoms with E-state index >= 15 is 0 Å². The second-order valence-corrected chi connectivity index (χ2v) is 5.58. The van der Waals surface area contributed by atoms with Crippen LogP contribution in [0.2, 0.25) is 0 Å². The molecule has 0 unspecified atom stereocenters. The molecule has 0 aliphatic rings. The topological polar surface area (TPSA) is 83.8 Å². The molecule has 0 bridgehead atoms. The molecule has 2 rings (SSSR count). The number of hydrogen-bond acceptors (Lipinski definition) is 4. The van der Waals surface area contributed by atoms with E-state index in [1.54, 1.807) is 4.57 Å². The zero-order chi connectivity index (χ0) is 15.2. The second-order valence-electron chi connectivity index (χ2n) is 4.56. The van der Waals surface area contributed by atoms with Gasteiger partial charge in [0.05, 0.1) is 5.75 Å². The molecule has 21 heavy (non-hydrogen) atoms. The number of nitrogens with one attached hydrogen (secondary N) is 1. The first-order chi connectivity index (χ1) is 10.1. The second kappa shape index (κ2) is 6.86. The van der Waals surface area contributed by atoms with E-state index in [0.29, 0.717) is 12.2 Å². The molecule has 108 valence electrons. The fourth-order valence-electron chi connectivity index (χ4n) is 1.93. The Morgan fingerprint density at radius 3 is 2.90 bits per heavy atom. The van der Waals surface area contributed by atoms with Crippen LogP contribution < -0.4 is 11.1 Å². The van der Waals surface area contributed by atoms with Crippen molar-refractivity contribution in [2.24, 2.45) is 12.8 Å². The molecule has 1 heterocycles. The lowest BCUT2D eigenvalue weighted by molar-refractivity contribution is -0.115. The third-order valence-electron chi connectivity index (χ3n) is 2.92. The van der Waals surface area contributed by atoms with E-state index in [1.807, 2.05) is 43.6 Å². The van der Waals surface area contributed by atoms with Gasteiger partial charge in [0.15, 0.2) is 0 Å². The van der Waals surface area contributed by atoms with Crippen molar-refractivity contribution in [1.82, 2.24) is 4.57 Å². The molecule has 0 spiro atoms. The van der Waals surface area contributed by atoms with Gasteiger partial charge in [0.1, 0.15) is 11.8 Å². The van der Waals surface area contributed by atoms with E-state index in [2.05, 4.69) is 11.4 Å². The summed E-state index contributed by atoms with van der Waals surface area (Å²) in [6.45, 7) is 0.615. The predicted octanol–water partition coefficient (Wildman–Crippen LogP) is 2.09. The number of nitriles is 1. The first-order valence-corrected chi connectivity index (χ1v) is 7.38. The number of nitrogens with two attached hydrogens (primary N) is 1. The monoisotopic (exact) mass is 300 g/mol. The molecule has 0 saturated heterocycles. The number of aromatic nitrogens is 1. The van der Waals surface area contributed by atoms with Gasteiger partial charge in [-0.15, -0.1) is 11.8 Å². The average molecular weight is 300 g/mol. The lowest BCUT2D eigenvalue weighted by Gasteiger charge is -2.10. The first kappa shape index (κ1) is 15.0. The van der Waals surface area contributed by atoms with E-state index < -0.39 is 0 Å². The van der Waals surface area contributed by atoms with E-state index in [0.717, 1.165) is 16.1 Å². The van der Waals surface area contributed by atoms with Gasteiger partial charge in [0.2, 0.25) is 5.91 Å². The maximum absolute atomic E-state index is 10.9. The minimum Gasteiger partial charge on any atom is -0.380 e. The summed E-state index contributed by atoms with van der Waals surface area (Å²) in [7, 11) is 1.85. The Hall–Kier alpha value is -2.39. The summed E-state index contributed by atoms with van der Waals surface area (Å²) in [6, 6.07) is 11.7. The number of primary amides is 1. The molecule has 0 radical (unpaired) electrons. The van der Waals surface area contributed by atoms with Crippen LogP contribution in [0.3, 0.4) is 0 Å². The molecule has 3 N–H and O–H groups in total. The molecule has 0 atom stereocenters. The van der Waals surface area contributed by atoms with Gasteiger partial charge in [0.25, 0.3) is 0 Å². The third-order valence-corrected chi connectivity index (χ3v) is 4.01. The number of amides is 1. The normalized spacial score (nSPS) is 10.1. The number of hydrogen-bond donors (Lipinski definition) is 2. The number of thioether (sulfide) groups is 1. The number of benzene rings is 1. The zero-order valence-corrected chi connectivity index (χ0v) is 12.5. The van der Waals surface area contributed by atoms with E-state index in [-0.39, 0.29) is 11.7 Å².